The number of pyridine rings is 1. The fraction of sp³-hybridized carbons (Fsp3) is 0.389. The second-order valence-electron chi connectivity index (χ2n) is 6.25. The number of alkyl halides is 2. The molecule has 1 aliphatic carbocycles. The SMILES string of the molecule is N#Cc1cnc2ccc(OC(F)F)cc2c1NC1CCC(C(=O)O)CC1. The number of halogens is 2. The molecule has 0 saturated heterocycles. The summed E-state index contributed by atoms with van der Waals surface area (Å²) in [6.07, 6.45) is 3.84. The highest BCUT2D eigenvalue weighted by atomic mass is 19.3. The minimum absolute atomic E-state index is 0.00275. The van der Waals surface area contributed by atoms with E-state index in [1.54, 1.807) is 6.07 Å². The van der Waals surface area contributed by atoms with E-state index in [-0.39, 0.29) is 17.7 Å². The molecule has 0 radical (unpaired) electrons. The van der Waals surface area contributed by atoms with Crippen LogP contribution in [-0.4, -0.2) is 28.7 Å². The van der Waals surface area contributed by atoms with E-state index in [1.807, 2.05) is 0 Å². The van der Waals surface area contributed by atoms with E-state index in [0.717, 1.165) is 0 Å². The summed E-state index contributed by atoms with van der Waals surface area (Å²) in [5.74, 6) is -1.14. The fourth-order valence-corrected chi connectivity index (χ4v) is 3.28. The van der Waals surface area contributed by atoms with Gasteiger partial charge in [0.15, 0.2) is 0 Å². The molecule has 8 heteroatoms. The van der Waals surface area contributed by atoms with Gasteiger partial charge in [0.2, 0.25) is 0 Å². The first-order chi connectivity index (χ1) is 12.5. The highest BCUT2D eigenvalue weighted by molar-refractivity contribution is 5.95. The summed E-state index contributed by atoms with van der Waals surface area (Å²) >= 11 is 0. The molecule has 0 aliphatic heterocycles. The fourth-order valence-electron chi connectivity index (χ4n) is 3.28. The number of hydrogen-bond acceptors (Lipinski definition) is 5. The van der Waals surface area contributed by atoms with Gasteiger partial charge in [-0.25, -0.2) is 0 Å². The number of ether oxygens (including phenoxy) is 1. The van der Waals surface area contributed by atoms with E-state index >= 15 is 0 Å². The van der Waals surface area contributed by atoms with Crippen molar-refractivity contribution in [1.82, 2.24) is 4.98 Å². The highest BCUT2D eigenvalue weighted by Gasteiger charge is 2.26. The maximum Gasteiger partial charge on any atom is 0.387 e. The Kier molecular flexibility index (Phi) is 5.16. The molecule has 6 nitrogen and oxygen atoms in total. The van der Waals surface area contributed by atoms with Crippen molar-refractivity contribution in [2.24, 2.45) is 5.92 Å². The molecule has 0 unspecified atom stereocenters. The van der Waals surface area contributed by atoms with Crippen molar-refractivity contribution in [1.29, 1.82) is 5.26 Å². The number of carboxylic acid groups (broad SMARTS) is 1. The molecule has 1 aromatic heterocycles. The number of aromatic nitrogens is 1. The van der Waals surface area contributed by atoms with Crippen LogP contribution < -0.4 is 10.1 Å². The highest BCUT2D eigenvalue weighted by Crippen LogP contribution is 2.33. The van der Waals surface area contributed by atoms with Crippen LogP contribution in [0.1, 0.15) is 31.2 Å². The van der Waals surface area contributed by atoms with E-state index < -0.39 is 12.6 Å². The lowest BCUT2D eigenvalue weighted by atomic mass is 9.86. The van der Waals surface area contributed by atoms with Crippen molar-refractivity contribution in [2.75, 3.05) is 5.32 Å². The molecule has 2 aromatic rings. The molecule has 1 aromatic carbocycles. The molecule has 1 aliphatic rings. The summed E-state index contributed by atoms with van der Waals surface area (Å²) in [4.78, 5) is 15.3. The Morgan fingerprint density at radius 2 is 2.08 bits per heavy atom. The lowest BCUT2D eigenvalue weighted by molar-refractivity contribution is -0.142. The number of hydrogen-bond donors (Lipinski definition) is 2. The third-order valence-corrected chi connectivity index (χ3v) is 4.61. The first-order valence-corrected chi connectivity index (χ1v) is 8.25. The van der Waals surface area contributed by atoms with Crippen LogP contribution in [0.2, 0.25) is 0 Å². The summed E-state index contributed by atoms with van der Waals surface area (Å²) in [6, 6.07) is 6.44. The predicted molar refractivity (Wildman–Crippen MR) is 90.1 cm³/mol. The zero-order valence-electron chi connectivity index (χ0n) is 13.8. The Morgan fingerprint density at radius 3 is 2.69 bits per heavy atom. The number of carbonyl (C=O) groups is 1. The van der Waals surface area contributed by atoms with Crippen LogP contribution in [0.4, 0.5) is 14.5 Å². The van der Waals surface area contributed by atoms with E-state index in [1.165, 1.54) is 18.3 Å². The summed E-state index contributed by atoms with van der Waals surface area (Å²) in [5.41, 5.74) is 1.36. The molecule has 2 N–H and O–H groups in total. The lowest BCUT2D eigenvalue weighted by Gasteiger charge is -2.28. The topological polar surface area (TPSA) is 95.2 Å². The summed E-state index contributed by atoms with van der Waals surface area (Å²) in [7, 11) is 0. The van der Waals surface area contributed by atoms with E-state index in [9.17, 15) is 18.8 Å². The molecule has 3 rings (SSSR count). The minimum atomic E-state index is -2.94. The predicted octanol–water partition coefficient (Wildman–Crippen LogP) is 3.76. The van der Waals surface area contributed by atoms with Crippen LogP contribution >= 0.6 is 0 Å². The molecule has 0 bridgehead atoms. The van der Waals surface area contributed by atoms with Crippen molar-refractivity contribution in [3.8, 4) is 11.8 Å². The number of nitriles is 1. The molecule has 136 valence electrons. The Labute approximate surface area is 148 Å². The van der Waals surface area contributed by atoms with Crippen molar-refractivity contribution < 1.29 is 23.4 Å². The molecule has 0 amide bonds. The number of rotatable bonds is 5. The average Bonchev–Trinajstić information content (AvgIpc) is 2.62. The van der Waals surface area contributed by atoms with Crippen LogP contribution in [0.25, 0.3) is 10.9 Å². The summed E-state index contributed by atoms with van der Waals surface area (Å²) < 4.78 is 29.4. The summed E-state index contributed by atoms with van der Waals surface area (Å²) in [6.45, 7) is -2.94. The van der Waals surface area contributed by atoms with Gasteiger partial charge in [-0.05, 0) is 43.9 Å². The van der Waals surface area contributed by atoms with Gasteiger partial charge >= 0.3 is 12.6 Å². The first kappa shape index (κ1) is 17.9. The number of aliphatic carboxylic acids is 1. The number of benzene rings is 1. The van der Waals surface area contributed by atoms with Crippen LogP contribution in [0, 0.1) is 17.2 Å². The Hall–Kier alpha value is -2.95. The van der Waals surface area contributed by atoms with Gasteiger partial charge in [0.25, 0.3) is 0 Å². The third-order valence-electron chi connectivity index (χ3n) is 4.61. The Morgan fingerprint density at radius 1 is 1.35 bits per heavy atom. The van der Waals surface area contributed by atoms with Gasteiger partial charge in [-0.1, -0.05) is 0 Å². The maximum atomic E-state index is 12.5. The van der Waals surface area contributed by atoms with Gasteiger partial charge in [0.1, 0.15) is 11.8 Å². The van der Waals surface area contributed by atoms with Crippen LogP contribution in [0.15, 0.2) is 24.4 Å². The second-order valence-corrected chi connectivity index (χ2v) is 6.25. The monoisotopic (exact) mass is 361 g/mol. The quantitative estimate of drug-likeness (QED) is 0.842. The number of fused-ring (bicyclic) bond motifs is 1. The molecular weight excluding hydrogens is 344 g/mol. The van der Waals surface area contributed by atoms with Crippen molar-refractivity contribution in [3.05, 3.63) is 30.0 Å². The molecule has 0 spiro atoms. The van der Waals surface area contributed by atoms with E-state index in [0.29, 0.717) is 47.8 Å². The van der Waals surface area contributed by atoms with Crippen molar-refractivity contribution in [2.45, 2.75) is 38.3 Å². The standard InChI is InChI=1S/C18H17F2N3O3/c19-18(20)26-13-5-6-15-14(7-13)16(11(8-21)9-22-15)23-12-3-1-10(2-4-12)17(24)25/h5-7,9-10,12,18H,1-4H2,(H,22,23)(H,24,25). The van der Waals surface area contributed by atoms with Crippen molar-refractivity contribution >= 4 is 22.6 Å². The zero-order chi connectivity index (χ0) is 18.7. The number of anilines is 1. The summed E-state index contributed by atoms with van der Waals surface area (Å²) in [5, 5.41) is 22.3. The Bertz CT molecular complexity index is 859. The molecule has 1 saturated carbocycles. The van der Waals surface area contributed by atoms with Gasteiger partial charge in [-0.2, -0.15) is 14.0 Å². The van der Waals surface area contributed by atoms with Gasteiger partial charge in [-0.15, -0.1) is 0 Å². The van der Waals surface area contributed by atoms with Gasteiger partial charge < -0.3 is 15.2 Å². The molecule has 1 fully saturated rings. The number of nitrogens with zero attached hydrogens (tertiary/aromatic N) is 2. The van der Waals surface area contributed by atoms with Gasteiger partial charge in [0.05, 0.1) is 22.7 Å². The van der Waals surface area contributed by atoms with Crippen molar-refractivity contribution in [3.63, 3.8) is 0 Å². The van der Waals surface area contributed by atoms with Gasteiger partial charge in [-0.3, -0.25) is 9.78 Å². The molecule has 1 heterocycles. The van der Waals surface area contributed by atoms with Gasteiger partial charge in [0, 0.05) is 17.6 Å². The first-order valence-electron chi connectivity index (χ1n) is 8.25. The number of carboxylic acids is 1. The molecule has 26 heavy (non-hydrogen) atoms. The van der Waals surface area contributed by atoms with Crippen LogP contribution in [0.5, 0.6) is 5.75 Å². The smallest absolute Gasteiger partial charge is 0.387 e. The zero-order valence-corrected chi connectivity index (χ0v) is 13.8. The lowest BCUT2D eigenvalue weighted by Crippen LogP contribution is -2.29. The van der Waals surface area contributed by atoms with E-state index in [4.69, 9.17) is 5.11 Å². The largest absolute Gasteiger partial charge is 0.481 e. The molecule has 0 atom stereocenters. The van der Waals surface area contributed by atoms with E-state index in [2.05, 4.69) is 21.1 Å². The van der Waals surface area contributed by atoms with Crippen LogP contribution in [-0.2, 0) is 4.79 Å². The van der Waals surface area contributed by atoms with Crippen LogP contribution in [0.3, 0.4) is 0 Å². The minimum Gasteiger partial charge on any atom is -0.481 e. The molecular formula is C18H17F2N3O3. The number of nitrogens with one attached hydrogen (secondary N) is 1. The second kappa shape index (κ2) is 7.52. The maximum absolute atomic E-state index is 12.5. The average molecular weight is 361 g/mol. The Balaban J connectivity index is 1.90. The normalized spacial score (nSPS) is 19.9. The third kappa shape index (κ3) is 3.82.